The van der Waals surface area contributed by atoms with Gasteiger partial charge in [0.15, 0.2) is 0 Å². The van der Waals surface area contributed by atoms with Crippen LogP contribution in [0.15, 0.2) is 42.5 Å². The van der Waals surface area contributed by atoms with Crippen LogP contribution in [0.3, 0.4) is 0 Å². The lowest BCUT2D eigenvalue weighted by Crippen LogP contribution is -2.06. The summed E-state index contributed by atoms with van der Waals surface area (Å²) in [6.45, 7) is 0.809. The number of methoxy groups -OCH3 is 2. The van der Waals surface area contributed by atoms with Gasteiger partial charge in [-0.1, -0.05) is 41.9 Å². The molecule has 0 aromatic heterocycles. The predicted molar refractivity (Wildman–Crippen MR) is 83.2 cm³/mol. The summed E-state index contributed by atoms with van der Waals surface area (Å²) in [6, 6.07) is 13.9. The van der Waals surface area contributed by atoms with Crippen molar-refractivity contribution in [1.82, 2.24) is 0 Å². The summed E-state index contributed by atoms with van der Waals surface area (Å²) in [5.41, 5.74) is 2.16. The molecule has 0 amide bonds. The first kappa shape index (κ1) is 14.5. The Morgan fingerprint density at radius 3 is 2.35 bits per heavy atom. The minimum absolute atomic E-state index is 0.565. The van der Waals surface area contributed by atoms with E-state index in [0.29, 0.717) is 10.8 Å². The molecule has 0 fully saturated rings. The Morgan fingerprint density at radius 1 is 1.00 bits per heavy atom. The van der Waals surface area contributed by atoms with Crippen molar-refractivity contribution >= 4 is 17.3 Å². The minimum Gasteiger partial charge on any atom is -0.495 e. The summed E-state index contributed by atoms with van der Waals surface area (Å²) < 4.78 is 10.5. The van der Waals surface area contributed by atoms with Crippen LogP contribution in [0.1, 0.15) is 5.56 Å². The lowest BCUT2D eigenvalue weighted by Gasteiger charge is -2.13. The summed E-state index contributed by atoms with van der Waals surface area (Å²) in [7, 11) is 3.22. The molecule has 0 bridgehead atoms. The Labute approximate surface area is 124 Å². The molecule has 0 aliphatic heterocycles. The number of rotatable bonds is 6. The fourth-order valence-electron chi connectivity index (χ4n) is 1.98. The van der Waals surface area contributed by atoms with Crippen molar-refractivity contribution in [2.45, 2.75) is 6.42 Å². The van der Waals surface area contributed by atoms with Crippen LogP contribution >= 0.6 is 11.6 Å². The molecule has 0 radical (unpaired) electrons. The molecule has 0 unspecified atom stereocenters. The van der Waals surface area contributed by atoms with E-state index in [4.69, 9.17) is 21.1 Å². The molecule has 0 aliphatic rings. The van der Waals surface area contributed by atoms with Crippen molar-refractivity contribution in [3.8, 4) is 11.5 Å². The van der Waals surface area contributed by atoms with Crippen molar-refractivity contribution < 1.29 is 9.47 Å². The van der Waals surface area contributed by atoms with Gasteiger partial charge in [0.05, 0.1) is 24.9 Å². The molecule has 1 N–H and O–H groups in total. The van der Waals surface area contributed by atoms with Gasteiger partial charge in [0.25, 0.3) is 0 Å². The fraction of sp³-hybridized carbons (Fsp3) is 0.250. The van der Waals surface area contributed by atoms with Crippen molar-refractivity contribution in [1.29, 1.82) is 0 Å². The molecule has 0 heterocycles. The van der Waals surface area contributed by atoms with E-state index in [2.05, 4.69) is 17.4 Å². The van der Waals surface area contributed by atoms with Crippen molar-refractivity contribution in [2.75, 3.05) is 26.1 Å². The van der Waals surface area contributed by atoms with Crippen molar-refractivity contribution in [2.24, 2.45) is 0 Å². The predicted octanol–water partition coefficient (Wildman–Crippen LogP) is 4.01. The highest BCUT2D eigenvalue weighted by atomic mass is 35.5. The molecule has 0 atom stereocenters. The number of nitrogens with one attached hydrogen (secondary N) is 1. The lowest BCUT2D eigenvalue weighted by molar-refractivity contribution is 0.395. The van der Waals surface area contributed by atoms with Gasteiger partial charge in [-0.2, -0.15) is 0 Å². The molecule has 2 rings (SSSR count). The average Bonchev–Trinajstić information content (AvgIpc) is 2.48. The minimum atomic E-state index is 0.565. The lowest BCUT2D eigenvalue weighted by atomic mass is 10.1. The maximum atomic E-state index is 6.13. The molecule has 0 aliphatic carbocycles. The topological polar surface area (TPSA) is 30.5 Å². The third-order valence-electron chi connectivity index (χ3n) is 3.05. The summed E-state index contributed by atoms with van der Waals surface area (Å²) in [4.78, 5) is 0. The van der Waals surface area contributed by atoms with Crippen molar-refractivity contribution in [3.05, 3.63) is 53.1 Å². The smallest absolute Gasteiger partial charge is 0.145 e. The molecule has 3 nitrogen and oxygen atoms in total. The number of benzene rings is 2. The van der Waals surface area contributed by atoms with E-state index in [9.17, 15) is 0 Å². The Balaban J connectivity index is 2.03. The molecule has 0 spiro atoms. The first-order chi connectivity index (χ1) is 9.74. The SMILES string of the molecule is COc1cc(OC)c(NCCc2ccccc2)cc1Cl. The van der Waals surface area contributed by atoms with Gasteiger partial charge in [-0.15, -0.1) is 0 Å². The summed E-state index contributed by atoms with van der Waals surface area (Å²) in [5.74, 6) is 1.33. The molecule has 0 saturated heterocycles. The van der Waals surface area contributed by atoms with E-state index >= 15 is 0 Å². The van der Waals surface area contributed by atoms with Crippen LogP contribution in [0.4, 0.5) is 5.69 Å². The quantitative estimate of drug-likeness (QED) is 0.872. The molecule has 2 aromatic carbocycles. The highest BCUT2D eigenvalue weighted by molar-refractivity contribution is 6.32. The molecule has 20 heavy (non-hydrogen) atoms. The van der Waals surface area contributed by atoms with Gasteiger partial charge in [0.2, 0.25) is 0 Å². The second kappa shape index (κ2) is 7.06. The first-order valence-corrected chi connectivity index (χ1v) is 6.81. The normalized spacial score (nSPS) is 10.2. The van der Waals surface area contributed by atoms with Gasteiger partial charge in [-0.3, -0.25) is 0 Å². The van der Waals surface area contributed by atoms with Crippen LogP contribution in [0.2, 0.25) is 5.02 Å². The second-order valence-corrected chi connectivity index (χ2v) is 4.76. The molecule has 106 valence electrons. The molecular weight excluding hydrogens is 274 g/mol. The summed E-state index contributed by atoms with van der Waals surface area (Å²) >= 11 is 6.13. The maximum absolute atomic E-state index is 6.13. The maximum Gasteiger partial charge on any atom is 0.145 e. The highest BCUT2D eigenvalue weighted by Gasteiger charge is 2.09. The molecular formula is C16H18ClNO2. The standard InChI is InChI=1S/C16H18ClNO2/c1-19-15-11-16(20-2)14(10-13(15)17)18-9-8-12-6-4-3-5-7-12/h3-7,10-11,18H,8-9H2,1-2H3. The van der Waals surface area contributed by atoms with Gasteiger partial charge in [-0.25, -0.2) is 0 Å². The van der Waals surface area contributed by atoms with E-state index in [1.165, 1.54) is 5.56 Å². The Hall–Kier alpha value is -1.87. The van der Waals surface area contributed by atoms with Crippen LogP contribution < -0.4 is 14.8 Å². The zero-order chi connectivity index (χ0) is 14.4. The highest BCUT2D eigenvalue weighted by Crippen LogP contribution is 2.35. The number of anilines is 1. The summed E-state index contributed by atoms with van der Waals surface area (Å²) in [6.07, 6.45) is 0.938. The molecule has 4 heteroatoms. The Bertz CT molecular complexity index is 558. The fourth-order valence-corrected chi connectivity index (χ4v) is 2.23. The van der Waals surface area contributed by atoms with Crippen LogP contribution in [0.5, 0.6) is 11.5 Å². The van der Waals surface area contributed by atoms with Crippen LogP contribution in [-0.4, -0.2) is 20.8 Å². The Kier molecular flexibility index (Phi) is 5.13. The van der Waals surface area contributed by atoms with E-state index in [1.807, 2.05) is 24.3 Å². The van der Waals surface area contributed by atoms with Gasteiger partial charge in [0, 0.05) is 12.6 Å². The van der Waals surface area contributed by atoms with Gasteiger partial charge < -0.3 is 14.8 Å². The van der Waals surface area contributed by atoms with Crippen LogP contribution in [0.25, 0.3) is 0 Å². The largest absolute Gasteiger partial charge is 0.495 e. The van der Waals surface area contributed by atoms with E-state index in [0.717, 1.165) is 24.4 Å². The molecule has 0 saturated carbocycles. The van der Waals surface area contributed by atoms with Crippen molar-refractivity contribution in [3.63, 3.8) is 0 Å². The zero-order valence-electron chi connectivity index (χ0n) is 11.7. The third kappa shape index (κ3) is 3.58. The summed E-state index contributed by atoms with van der Waals surface area (Å²) in [5, 5.41) is 3.91. The first-order valence-electron chi connectivity index (χ1n) is 6.44. The van der Waals surface area contributed by atoms with E-state index < -0.39 is 0 Å². The monoisotopic (exact) mass is 291 g/mol. The second-order valence-electron chi connectivity index (χ2n) is 4.35. The number of hydrogen-bond donors (Lipinski definition) is 1. The number of halogens is 1. The van der Waals surface area contributed by atoms with E-state index in [-0.39, 0.29) is 0 Å². The number of hydrogen-bond acceptors (Lipinski definition) is 3. The Morgan fingerprint density at radius 2 is 1.70 bits per heavy atom. The van der Waals surface area contributed by atoms with E-state index in [1.54, 1.807) is 20.3 Å². The van der Waals surface area contributed by atoms with Gasteiger partial charge in [0.1, 0.15) is 11.5 Å². The van der Waals surface area contributed by atoms with Crippen LogP contribution in [0, 0.1) is 0 Å². The molecule has 2 aromatic rings. The average molecular weight is 292 g/mol. The third-order valence-corrected chi connectivity index (χ3v) is 3.34. The number of ether oxygens (including phenoxy) is 2. The zero-order valence-corrected chi connectivity index (χ0v) is 12.4. The van der Waals surface area contributed by atoms with Gasteiger partial charge in [-0.05, 0) is 18.1 Å². The van der Waals surface area contributed by atoms with Gasteiger partial charge >= 0.3 is 0 Å². The van der Waals surface area contributed by atoms with Crippen LogP contribution in [-0.2, 0) is 6.42 Å².